The first-order chi connectivity index (χ1) is 9.19. The number of carbonyl (C=O) groups excluding carboxylic acids is 1. The molecule has 0 saturated carbocycles. The maximum Gasteiger partial charge on any atom is 0.309 e. The first-order valence-electron chi connectivity index (χ1n) is 5.86. The molecule has 0 atom stereocenters. The largest absolute Gasteiger partial charge is 0.469 e. The fourth-order valence-electron chi connectivity index (χ4n) is 1.66. The van der Waals surface area contributed by atoms with E-state index in [1.165, 1.54) is 13.2 Å². The molecule has 3 nitrogen and oxygen atoms in total. The zero-order chi connectivity index (χ0) is 13.7. The molecular weight excluding hydrogens is 245 g/mol. The number of rotatable bonds is 4. The molecule has 4 heteroatoms. The van der Waals surface area contributed by atoms with E-state index in [4.69, 9.17) is 0 Å². The van der Waals surface area contributed by atoms with Gasteiger partial charge in [-0.1, -0.05) is 24.3 Å². The first-order valence-corrected chi connectivity index (χ1v) is 5.86. The molecule has 0 heterocycles. The maximum atomic E-state index is 13.4. The van der Waals surface area contributed by atoms with E-state index in [-0.39, 0.29) is 18.2 Å². The Morgan fingerprint density at radius 1 is 1.16 bits per heavy atom. The minimum absolute atomic E-state index is 0.233. The molecule has 2 rings (SSSR count). The summed E-state index contributed by atoms with van der Waals surface area (Å²) >= 11 is 0. The molecule has 0 bridgehead atoms. The number of nitrogens with one attached hydrogen (secondary N) is 1. The number of ether oxygens (including phenoxy) is 1. The van der Waals surface area contributed by atoms with Crippen LogP contribution in [0.4, 0.5) is 15.8 Å². The number of esters is 1. The summed E-state index contributed by atoms with van der Waals surface area (Å²) in [7, 11) is 1.36. The van der Waals surface area contributed by atoms with Crippen molar-refractivity contribution in [1.82, 2.24) is 0 Å². The van der Waals surface area contributed by atoms with Crippen LogP contribution in [0.15, 0.2) is 48.5 Å². The molecule has 0 unspecified atom stereocenters. The van der Waals surface area contributed by atoms with Crippen LogP contribution in [-0.2, 0) is 16.0 Å². The molecule has 2 aromatic carbocycles. The van der Waals surface area contributed by atoms with Crippen molar-refractivity contribution in [2.24, 2.45) is 0 Å². The highest BCUT2D eigenvalue weighted by molar-refractivity contribution is 5.72. The number of hydrogen-bond acceptors (Lipinski definition) is 3. The van der Waals surface area contributed by atoms with E-state index in [2.05, 4.69) is 10.1 Å². The predicted molar refractivity (Wildman–Crippen MR) is 71.8 cm³/mol. The van der Waals surface area contributed by atoms with Gasteiger partial charge in [-0.3, -0.25) is 4.79 Å². The molecule has 0 aromatic heterocycles. The lowest BCUT2D eigenvalue weighted by atomic mass is 10.1. The van der Waals surface area contributed by atoms with Crippen molar-refractivity contribution in [3.8, 4) is 0 Å². The second-order valence-electron chi connectivity index (χ2n) is 4.05. The number of para-hydroxylation sites is 1. The van der Waals surface area contributed by atoms with Gasteiger partial charge in [-0.05, 0) is 29.8 Å². The van der Waals surface area contributed by atoms with Gasteiger partial charge in [-0.2, -0.15) is 0 Å². The molecule has 0 radical (unpaired) electrons. The molecule has 0 amide bonds. The third kappa shape index (κ3) is 3.55. The molecule has 2 aromatic rings. The van der Waals surface area contributed by atoms with E-state index in [9.17, 15) is 9.18 Å². The van der Waals surface area contributed by atoms with Gasteiger partial charge in [0.25, 0.3) is 0 Å². The molecular formula is C15H14FNO2. The van der Waals surface area contributed by atoms with Crippen LogP contribution in [0.25, 0.3) is 0 Å². The maximum absolute atomic E-state index is 13.4. The van der Waals surface area contributed by atoms with E-state index in [0.29, 0.717) is 5.69 Å². The third-order valence-electron chi connectivity index (χ3n) is 2.68. The minimum Gasteiger partial charge on any atom is -0.469 e. The monoisotopic (exact) mass is 259 g/mol. The zero-order valence-electron chi connectivity index (χ0n) is 10.5. The van der Waals surface area contributed by atoms with Crippen molar-refractivity contribution < 1.29 is 13.9 Å². The molecule has 1 N–H and O–H groups in total. The lowest BCUT2D eigenvalue weighted by molar-refractivity contribution is -0.139. The molecule has 0 aliphatic heterocycles. The van der Waals surface area contributed by atoms with Gasteiger partial charge in [-0.15, -0.1) is 0 Å². The van der Waals surface area contributed by atoms with Gasteiger partial charge in [0.15, 0.2) is 0 Å². The molecule has 98 valence electrons. The highest BCUT2D eigenvalue weighted by Crippen LogP contribution is 2.19. The molecule has 0 fully saturated rings. The molecule has 19 heavy (non-hydrogen) atoms. The van der Waals surface area contributed by atoms with E-state index in [1.807, 2.05) is 0 Å². The van der Waals surface area contributed by atoms with Crippen molar-refractivity contribution in [3.05, 3.63) is 59.9 Å². The zero-order valence-corrected chi connectivity index (χ0v) is 10.5. The van der Waals surface area contributed by atoms with E-state index >= 15 is 0 Å². The van der Waals surface area contributed by atoms with Crippen molar-refractivity contribution >= 4 is 17.3 Å². The van der Waals surface area contributed by atoms with Crippen LogP contribution >= 0.6 is 0 Å². The van der Waals surface area contributed by atoms with Gasteiger partial charge >= 0.3 is 5.97 Å². The number of methoxy groups -OCH3 is 1. The van der Waals surface area contributed by atoms with E-state index < -0.39 is 0 Å². The van der Waals surface area contributed by atoms with E-state index in [1.54, 1.807) is 42.5 Å². The van der Waals surface area contributed by atoms with Crippen molar-refractivity contribution in [2.45, 2.75) is 6.42 Å². The SMILES string of the molecule is COC(=O)Cc1ccc(Nc2ccccc2F)cc1. The summed E-state index contributed by atoms with van der Waals surface area (Å²) in [6, 6.07) is 13.7. The van der Waals surface area contributed by atoms with Gasteiger partial charge < -0.3 is 10.1 Å². The van der Waals surface area contributed by atoms with Gasteiger partial charge in [0, 0.05) is 5.69 Å². The lowest BCUT2D eigenvalue weighted by Gasteiger charge is -2.08. The Hall–Kier alpha value is -2.36. The normalized spacial score (nSPS) is 10.0. The van der Waals surface area contributed by atoms with Crippen LogP contribution in [0, 0.1) is 5.82 Å². The number of anilines is 2. The Labute approximate surface area is 111 Å². The molecule has 0 saturated heterocycles. The van der Waals surface area contributed by atoms with Gasteiger partial charge in [-0.25, -0.2) is 4.39 Å². The van der Waals surface area contributed by atoms with Crippen molar-refractivity contribution in [3.63, 3.8) is 0 Å². The Kier molecular flexibility index (Phi) is 4.13. The second-order valence-corrected chi connectivity index (χ2v) is 4.05. The molecule has 0 spiro atoms. The van der Waals surface area contributed by atoms with Crippen LogP contribution in [0.2, 0.25) is 0 Å². The number of carbonyl (C=O) groups is 1. The topological polar surface area (TPSA) is 38.3 Å². The minimum atomic E-state index is -0.305. The molecule has 0 aliphatic rings. The fourth-order valence-corrected chi connectivity index (χ4v) is 1.66. The summed E-state index contributed by atoms with van der Waals surface area (Å²) in [6.45, 7) is 0. The van der Waals surface area contributed by atoms with Gasteiger partial charge in [0.05, 0.1) is 19.2 Å². The average Bonchev–Trinajstić information content (AvgIpc) is 2.43. The Morgan fingerprint density at radius 3 is 2.47 bits per heavy atom. The summed E-state index contributed by atoms with van der Waals surface area (Å²) in [6.07, 6.45) is 0.233. The fraction of sp³-hybridized carbons (Fsp3) is 0.133. The van der Waals surface area contributed by atoms with Gasteiger partial charge in [0.2, 0.25) is 0 Å². The van der Waals surface area contributed by atoms with Crippen LogP contribution in [0.5, 0.6) is 0 Å². The van der Waals surface area contributed by atoms with Crippen LogP contribution in [-0.4, -0.2) is 13.1 Å². The van der Waals surface area contributed by atoms with E-state index in [0.717, 1.165) is 11.3 Å². The first kappa shape index (κ1) is 13.1. The highest BCUT2D eigenvalue weighted by atomic mass is 19.1. The number of halogens is 1. The summed E-state index contributed by atoms with van der Waals surface area (Å²) in [5.41, 5.74) is 2.04. The highest BCUT2D eigenvalue weighted by Gasteiger charge is 2.04. The van der Waals surface area contributed by atoms with Crippen LogP contribution in [0.1, 0.15) is 5.56 Å². The summed E-state index contributed by atoms with van der Waals surface area (Å²) < 4.78 is 18.0. The van der Waals surface area contributed by atoms with Crippen LogP contribution in [0.3, 0.4) is 0 Å². The predicted octanol–water partition coefficient (Wildman–Crippen LogP) is 3.28. The summed E-state index contributed by atoms with van der Waals surface area (Å²) in [5.74, 6) is -0.587. The smallest absolute Gasteiger partial charge is 0.309 e. The number of benzene rings is 2. The summed E-state index contributed by atoms with van der Waals surface area (Å²) in [5, 5.41) is 2.98. The quantitative estimate of drug-likeness (QED) is 0.856. The second kappa shape index (κ2) is 6.00. The van der Waals surface area contributed by atoms with Crippen molar-refractivity contribution in [1.29, 1.82) is 0 Å². The molecule has 0 aliphatic carbocycles. The Balaban J connectivity index is 2.07. The third-order valence-corrected chi connectivity index (χ3v) is 2.68. The van der Waals surface area contributed by atoms with Crippen molar-refractivity contribution in [2.75, 3.05) is 12.4 Å². The summed E-state index contributed by atoms with van der Waals surface area (Å²) in [4.78, 5) is 11.1. The Morgan fingerprint density at radius 2 is 1.84 bits per heavy atom. The standard InChI is InChI=1S/C15H14FNO2/c1-19-15(18)10-11-6-8-12(9-7-11)17-14-5-3-2-4-13(14)16/h2-9,17H,10H2,1H3. The number of hydrogen-bond donors (Lipinski definition) is 1. The lowest BCUT2D eigenvalue weighted by Crippen LogP contribution is -2.04. The average molecular weight is 259 g/mol. The van der Waals surface area contributed by atoms with Crippen LogP contribution < -0.4 is 5.32 Å². The van der Waals surface area contributed by atoms with Gasteiger partial charge in [0.1, 0.15) is 5.82 Å². The Bertz CT molecular complexity index is 567.